The Kier molecular flexibility index (Phi) is 4.33. The summed E-state index contributed by atoms with van der Waals surface area (Å²) in [5.41, 5.74) is 9.34. The van der Waals surface area contributed by atoms with E-state index < -0.39 is 5.91 Å². The summed E-state index contributed by atoms with van der Waals surface area (Å²) in [5, 5.41) is 0.962. The minimum absolute atomic E-state index is 0.316. The van der Waals surface area contributed by atoms with Crippen molar-refractivity contribution in [2.75, 3.05) is 6.61 Å². The number of nitrogens with two attached hydrogens (primary N) is 1. The summed E-state index contributed by atoms with van der Waals surface area (Å²) in [4.78, 5) is 26.2. The van der Waals surface area contributed by atoms with Gasteiger partial charge in [0.05, 0.1) is 12.2 Å². The SMILES string of the molecule is CCOC(=O)c1ccc2[nH]c(Cc3ccc(C(N)=O)cc3)cc2c1. The predicted molar refractivity (Wildman–Crippen MR) is 92.0 cm³/mol. The standard InChI is InChI=1S/C19H18N2O3/c1-2-24-19(23)14-7-8-17-15(10-14)11-16(21-17)9-12-3-5-13(6-4-12)18(20)22/h3-8,10-11,21H,2,9H2,1H3,(H2,20,22). The first-order valence-corrected chi connectivity index (χ1v) is 7.74. The molecular formula is C19H18N2O3. The number of ether oxygens (including phenoxy) is 1. The topological polar surface area (TPSA) is 85.2 Å². The van der Waals surface area contributed by atoms with Crippen LogP contribution in [0.4, 0.5) is 0 Å². The van der Waals surface area contributed by atoms with Crippen molar-refractivity contribution in [3.63, 3.8) is 0 Å². The molecule has 1 heterocycles. The Hall–Kier alpha value is -3.08. The van der Waals surface area contributed by atoms with Crippen molar-refractivity contribution >= 4 is 22.8 Å². The Morgan fingerprint density at radius 3 is 2.42 bits per heavy atom. The van der Waals surface area contributed by atoms with Gasteiger partial charge in [-0.3, -0.25) is 4.79 Å². The number of H-pyrrole nitrogens is 1. The number of esters is 1. The van der Waals surface area contributed by atoms with Crippen LogP contribution in [0.5, 0.6) is 0 Å². The van der Waals surface area contributed by atoms with Crippen molar-refractivity contribution in [3.8, 4) is 0 Å². The van der Waals surface area contributed by atoms with Crippen LogP contribution in [0.3, 0.4) is 0 Å². The number of benzene rings is 2. The number of rotatable bonds is 5. The molecule has 0 bridgehead atoms. The zero-order chi connectivity index (χ0) is 17.1. The third kappa shape index (κ3) is 3.30. The van der Waals surface area contributed by atoms with E-state index in [-0.39, 0.29) is 5.97 Å². The first-order valence-electron chi connectivity index (χ1n) is 7.74. The predicted octanol–water partition coefficient (Wildman–Crippen LogP) is 3.03. The van der Waals surface area contributed by atoms with Gasteiger partial charge < -0.3 is 15.5 Å². The summed E-state index contributed by atoms with van der Waals surface area (Å²) in [6.07, 6.45) is 0.697. The molecule has 0 radical (unpaired) electrons. The molecule has 122 valence electrons. The van der Waals surface area contributed by atoms with Crippen LogP contribution < -0.4 is 5.73 Å². The third-order valence-corrected chi connectivity index (χ3v) is 3.82. The van der Waals surface area contributed by atoms with E-state index in [1.807, 2.05) is 30.3 Å². The van der Waals surface area contributed by atoms with Crippen LogP contribution in [0.15, 0.2) is 48.5 Å². The van der Waals surface area contributed by atoms with Gasteiger partial charge in [0, 0.05) is 28.6 Å². The largest absolute Gasteiger partial charge is 0.462 e. The highest BCUT2D eigenvalue weighted by Crippen LogP contribution is 2.20. The van der Waals surface area contributed by atoms with E-state index in [0.29, 0.717) is 24.2 Å². The fourth-order valence-electron chi connectivity index (χ4n) is 2.64. The molecule has 0 spiro atoms. The minimum atomic E-state index is -0.432. The fraction of sp³-hybridized carbons (Fsp3) is 0.158. The molecule has 5 heteroatoms. The number of primary amides is 1. The van der Waals surface area contributed by atoms with Crippen molar-refractivity contribution in [1.29, 1.82) is 0 Å². The Bertz CT molecular complexity index is 895. The lowest BCUT2D eigenvalue weighted by molar-refractivity contribution is 0.0526. The molecule has 0 aliphatic heterocycles. The van der Waals surface area contributed by atoms with Crippen molar-refractivity contribution in [1.82, 2.24) is 4.98 Å². The molecule has 3 aromatic rings. The summed E-state index contributed by atoms with van der Waals surface area (Å²) in [7, 11) is 0. The molecule has 0 saturated heterocycles. The molecule has 1 aromatic heterocycles. The highest BCUT2D eigenvalue weighted by atomic mass is 16.5. The van der Waals surface area contributed by atoms with E-state index in [9.17, 15) is 9.59 Å². The van der Waals surface area contributed by atoms with Crippen LogP contribution in [-0.2, 0) is 11.2 Å². The Labute approximate surface area is 139 Å². The normalized spacial score (nSPS) is 10.7. The fourth-order valence-corrected chi connectivity index (χ4v) is 2.64. The number of hydrogen-bond donors (Lipinski definition) is 2. The van der Waals surface area contributed by atoms with Crippen molar-refractivity contribution in [2.24, 2.45) is 5.73 Å². The van der Waals surface area contributed by atoms with Crippen LogP contribution >= 0.6 is 0 Å². The highest BCUT2D eigenvalue weighted by molar-refractivity contribution is 5.95. The average Bonchev–Trinajstić information content (AvgIpc) is 2.96. The van der Waals surface area contributed by atoms with E-state index in [1.165, 1.54) is 0 Å². The number of nitrogens with one attached hydrogen (secondary N) is 1. The molecule has 0 unspecified atom stereocenters. The number of aromatic amines is 1. The van der Waals surface area contributed by atoms with Crippen molar-refractivity contribution in [3.05, 3.63) is 70.9 Å². The summed E-state index contributed by atoms with van der Waals surface area (Å²) in [6, 6.07) is 14.7. The molecule has 5 nitrogen and oxygen atoms in total. The zero-order valence-electron chi connectivity index (χ0n) is 13.3. The zero-order valence-corrected chi connectivity index (χ0v) is 13.3. The molecule has 0 atom stereocenters. The van der Waals surface area contributed by atoms with Gasteiger partial charge in [0.15, 0.2) is 0 Å². The molecule has 0 aliphatic rings. The van der Waals surface area contributed by atoms with Gasteiger partial charge in [0.1, 0.15) is 0 Å². The number of carbonyl (C=O) groups excluding carboxylic acids is 2. The lowest BCUT2D eigenvalue weighted by atomic mass is 10.1. The lowest BCUT2D eigenvalue weighted by Crippen LogP contribution is -2.10. The van der Waals surface area contributed by atoms with E-state index in [2.05, 4.69) is 4.98 Å². The van der Waals surface area contributed by atoms with E-state index in [4.69, 9.17) is 10.5 Å². The van der Waals surface area contributed by atoms with Crippen molar-refractivity contribution < 1.29 is 14.3 Å². The molecule has 2 aromatic carbocycles. The second-order valence-electron chi connectivity index (χ2n) is 5.56. The molecular weight excluding hydrogens is 304 g/mol. The molecule has 0 fully saturated rings. The van der Waals surface area contributed by atoms with Gasteiger partial charge in [-0.1, -0.05) is 12.1 Å². The maximum atomic E-state index is 11.8. The highest BCUT2D eigenvalue weighted by Gasteiger charge is 2.09. The average molecular weight is 322 g/mol. The summed E-state index contributed by atoms with van der Waals surface area (Å²) >= 11 is 0. The van der Waals surface area contributed by atoms with Gasteiger partial charge in [-0.05, 0) is 48.9 Å². The number of hydrogen-bond acceptors (Lipinski definition) is 3. The maximum absolute atomic E-state index is 11.8. The smallest absolute Gasteiger partial charge is 0.338 e. The Balaban J connectivity index is 1.82. The minimum Gasteiger partial charge on any atom is -0.462 e. The van der Waals surface area contributed by atoms with Gasteiger partial charge in [0.2, 0.25) is 5.91 Å². The summed E-state index contributed by atoms with van der Waals surface area (Å²) in [5.74, 6) is -0.747. The monoisotopic (exact) mass is 322 g/mol. The molecule has 3 N–H and O–H groups in total. The van der Waals surface area contributed by atoms with Gasteiger partial charge in [-0.25, -0.2) is 4.79 Å². The molecule has 0 aliphatic carbocycles. The Morgan fingerprint density at radius 1 is 1.04 bits per heavy atom. The van der Waals surface area contributed by atoms with Crippen LogP contribution in [0.2, 0.25) is 0 Å². The first kappa shape index (κ1) is 15.8. The quantitative estimate of drug-likeness (QED) is 0.708. The van der Waals surface area contributed by atoms with Gasteiger partial charge in [-0.15, -0.1) is 0 Å². The van der Waals surface area contributed by atoms with Gasteiger partial charge >= 0.3 is 5.97 Å². The van der Waals surface area contributed by atoms with Crippen molar-refractivity contribution in [2.45, 2.75) is 13.3 Å². The van der Waals surface area contributed by atoms with Gasteiger partial charge in [0.25, 0.3) is 0 Å². The van der Waals surface area contributed by atoms with Crippen LogP contribution in [0.25, 0.3) is 10.9 Å². The second-order valence-corrected chi connectivity index (χ2v) is 5.56. The number of fused-ring (bicyclic) bond motifs is 1. The molecule has 3 rings (SSSR count). The van der Waals surface area contributed by atoms with Crippen LogP contribution in [-0.4, -0.2) is 23.5 Å². The molecule has 1 amide bonds. The third-order valence-electron chi connectivity index (χ3n) is 3.82. The van der Waals surface area contributed by atoms with E-state index in [1.54, 1.807) is 25.1 Å². The summed E-state index contributed by atoms with van der Waals surface area (Å²) < 4.78 is 5.02. The summed E-state index contributed by atoms with van der Waals surface area (Å²) in [6.45, 7) is 2.14. The lowest BCUT2D eigenvalue weighted by Gasteiger charge is -2.01. The number of carbonyl (C=O) groups is 2. The number of amides is 1. The Morgan fingerprint density at radius 2 is 1.75 bits per heavy atom. The van der Waals surface area contributed by atoms with Gasteiger partial charge in [-0.2, -0.15) is 0 Å². The van der Waals surface area contributed by atoms with E-state index >= 15 is 0 Å². The number of aromatic nitrogens is 1. The molecule has 24 heavy (non-hydrogen) atoms. The second kappa shape index (κ2) is 6.58. The van der Waals surface area contributed by atoms with Crippen LogP contribution in [0, 0.1) is 0 Å². The first-order chi connectivity index (χ1) is 11.6. The molecule has 0 saturated carbocycles. The maximum Gasteiger partial charge on any atom is 0.338 e. The van der Waals surface area contributed by atoms with E-state index in [0.717, 1.165) is 22.2 Å². The van der Waals surface area contributed by atoms with Crippen LogP contribution in [0.1, 0.15) is 38.9 Å².